The number of hydrogen-bond acceptors (Lipinski definition) is 3. The second-order valence-corrected chi connectivity index (χ2v) is 7.02. The van der Waals surface area contributed by atoms with Crippen molar-refractivity contribution in [1.82, 2.24) is 0 Å². The van der Waals surface area contributed by atoms with Crippen LogP contribution in [-0.2, 0) is 10.1 Å². The summed E-state index contributed by atoms with van der Waals surface area (Å²) >= 11 is 0. The Bertz CT molecular complexity index is 572. The van der Waals surface area contributed by atoms with Gasteiger partial charge in [0.1, 0.15) is 6.17 Å². The molecule has 17 heteroatoms. The van der Waals surface area contributed by atoms with E-state index in [0.717, 1.165) is 0 Å². The molecule has 0 bridgehead atoms. The first-order valence-corrected chi connectivity index (χ1v) is 8.73. The monoisotopic (exact) mass is 504 g/mol. The number of alkyl halides is 12. The second kappa shape index (κ2) is 13.3. The van der Waals surface area contributed by atoms with Gasteiger partial charge in [0.15, 0.2) is 55.5 Å². The summed E-state index contributed by atoms with van der Waals surface area (Å²) in [4.78, 5) is 0. The van der Waals surface area contributed by atoms with Gasteiger partial charge in [-0.1, -0.05) is 0 Å². The fraction of sp³-hybridized carbons (Fsp3) is 1.00. The molecule has 0 saturated heterocycles. The normalized spacial score (nSPS) is 23.1. The van der Waals surface area contributed by atoms with Crippen molar-refractivity contribution >= 4 is 10.1 Å². The summed E-state index contributed by atoms with van der Waals surface area (Å²) in [6.45, 7) is 0. The summed E-state index contributed by atoms with van der Waals surface area (Å²) < 4.78 is 186. The van der Waals surface area contributed by atoms with Gasteiger partial charge < -0.3 is 4.55 Å². The van der Waals surface area contributed by atoms with E-state index in [1.54, 1.807) is 0 Å². The van der Waals surface area contributed by atoms with Gasteiger partial charge >= 0.3 is 51.4 Å². The second-order valence-electron chi connectivity index (χ2n) is 5.57. The summed E-state index contributed by atoms with van der Waals surface area (Å²) in [5.74, 6) is -2.22. The first kappa shape index (κ1) is 31.9. The van der Waals surface area contributed by atoms with Crippen LogP contribution in [0.15, 0.2) is 0 Å². The summed E-state index contributed by atoms with van der Waals surface area (Å²) in [5.41, 5.74) is 0. The maximum atomic E-state index is 13.4. The number of halogens is 12. The molecule has 0 aliphatic rings. The third-order valence-corrected chi connectivity index (χ3v) is 4.11. The van der Waals surface area contributed by atoms with Crippen LogP contribution in [0.25, 0.3) is 0 Å². The minimum absolute atomic E-state index is 0. The Kier molecular flexibility index (Phi) is 14.6. The number of hydrogen-bond donors (Lipinski definition) is 0. The van der Waals surface area contributed by atoms with Crippen molar-refractivity contribution in [2.75, 3.05) is 5.75 Å². The molecule has 170 valence electrons. The quantitative estimate of drug-likeness (QED) is 0.217. The first-order chi connectivity index (χ1) is 12.5. The molecule has 0 fully saturated rings. The van der Waals surface area contributed by atoms with Crippen LogP contribution in [-0.4, -0.2) is 86.9 Å². The molecule has 10 unspecified atom stereocenters. The van der Waals surface area contributed by atoms with Crippen LogP contribution >= 0.6 is 0 Å². The van der Waals surface area contributed by atoms with Crippen molar-refractivity contribution in [2.24, 2.45) is 0 Å². The molecule has 0 aromatic carbocycles. The van der Waals surface area contributed by atoms with Gasteiger partial charge in [0, 0.05) is 0 Å². The zero-order chi connectivity index (χ0) is 22.6. The molecule has 3 nitrogen and oxygen atoms in total. The fourth-order valence-electron chi connectivity index (χ4n) is 1.85. The van der Waals surface area contributed by atoms with Gasteiger partial charge in [-0.05, 0) is 0 Å². The standard InChI is InChI=1S/C12H14F12O3S.K/c13-2(1-28(25,26)27)3(14)4(15)5(16)6(17)7(18)8(19)9(20)10(21)11(22)12(23)24;/h2-12H,1H2,(H,25,26,27);/q;+1/p-1. The molecule has 0 radical (unpaired) electrons. The predicted molar refractivity (Wildman–Crippen MR) is 69.5 cm³/mol. The largest absolute Gasteiger partial charge is 1.00 e. The van der Waals surface area contributed by atoms with Crippen LogP contribution in [0.4, 0.5) is 52.7 Å². The molecule has 0 aliphatic heterocycles. The van der Waals surface area contributed by atoms with Gasteiger partial charge in [-0.15, -0.1) is 0 Å². The Balaban J connectivity index is 0. The van der Waals surface area contributed by atoms with E-state index in [-0.39, 0.29) is 51.4 Å². The van der Waals surface area contributed by atoms with Crippen LogP contribution in [0.2, 0.25) is 0 Å². The van der Waals surface area contributed by atoms with E-state index in [9.17, 15) is 65.7 Å². The molecule has 0 rings (SSSR count). The Labute approximate surface area is 199 Å². The SMILES string of the molecule is O=S(=O)([O-])CC(F)C(F)C(F)C(F)C(F)C(F)C(F)C(F)C(F)C(F)C(F)F.[K+]. The van der Waals surface area contributed by atoms with Gasteiger partial charge in [0.25, 0.3) is 6.43 Å². The average Bonchev–Trinajstić information content (AvgIpc) is 2.60. The van der Waals surface area contributed by atoms with Crippen molar-refractivity contribution in [3.05, 3.63) is 0 Å². The summed E-state index contributed by atoms with van der Waals surface area (Å²) in [6, 6.07) is 0. The molecular formula is C12H13F12KO3S. The maximum Gasteiger partial charge on any atom is 1.00 e. The molecule has 0 heterocycles. The summed E-state index contributed by atoms with van der Waals surface area (Å²) in [6.07, 6.45) is -44.3. The smallest absolute Gasteiger partial charge is 0.748 e. The Morgan fingerprint density at radius 1 is 0.517 bits per heavy atom. The Morgan fingerprint density at radius 3 is 1.00 bits per heavy atom. The molecule has 0 amide bonds. The van der Waals surface area contributed by atoms with Crippen LogP contribution in [0, 0.1) is 0 Å². The van der Waals surface area contributed by atoms with E-state index in [2.05, 4.69) is 0 Å². The van der Waals surface area contributed by atoms with Crippen molar-refractivity contribution in [1.29, 1.82) is 0 Å². The number of rotatable bonds is 12. The third kappa shape index (κ3) is 9.80. The molecule has 0 saturated carbocycles. The maximum absolute atomic E-state index is 13.4. The van der Waals surface area contributed by atoms with E-state index < -0.39 is 84.0 Å². The van der Waals surface area contributed by atoms with Crippen molar-refractivity contribution in [3.63, 3.8) is 0 Å². The Morgan fingerprint density at radius 2 is 0.759 bits per heavy atom. The van der Waals surface area contributed by atoms with Crippen molar-refractivity contribution in [3.8, 4) is 0 Å². The van der Waals surface area contributed by atoms with Crippen LogP contribution < -0.4 is 51.4 Å². The van der Waals surface area contributed by atoms with E-state index >= 15 is 0 Å². The molecule has 0 aliphatic carbocycles. The first-order valence-electron chi connectivity index (χ1n) is 7.15. The van der Waals surface area contributed by atoms with E-state index in [1.165, 1.54) is 0 Å². The summed E-state index contributed by atoms with van der Waals surface area (Å²) in [5, 5.41) is 0. The van der Waals surface area contributed by atoms with Crippen LogP contribution in [0.5, 0.6) is 0 Å². The fourth-order valence-corrected chi connectivity index (χ4v) is 2.43. The minimum Gasteiger partial charge on any atom is -0.748 e. The summed E-state index contributed by atoms with van der Waals surface area (Å²) in [7, 11) is -5.48. The van der Waals surface area contributed by atoms with Crippen molar-refractivity contribution in [2.45, 2.75) is 68.1 Å². The van der Waals surface area contributed by atoms with E-state index in [1.807, 2.05) is 0 Å². The van der Waals surface area contributed by atoms with E-state index in [4.69, 9.17) is 0 Å². The molecule has 29 heavy (non-hydrogen) atoms. The van der Waals surface area contributed by atoms with Gasteiger partial charge in [0.05, 0.1) is 15.9 Å². The third-order valence-electron chi connectivity index (χ3n) is 3.38. The zero-order valence-electron chi connectivity index (χ0n) is 14.2. The van der Waals surface area contributed by atoms with Gasteiger partial charge in [-0.25, -0.2) is 61.1 Å². The molecule has 10 atom stereocenters. The zero-order valence-corrected chi connectivity index (χ0v) is 18.2. The van der Waals surface area contributed by atoms with Gasteiger partial charge in [-0.3, -0.25) is 0 Å². The molecule has 0 aromatic rings. The van der Waals surface area contributed by atoms with Gasteiger partial charge in [0.2, 0.25) is 0 Å². The molecule has 0 aromatic heterocycles. The van der Waals surface area contributed by atoms with Gasteiger partial charge in [-0.2, -0.15) is 0 Å². The Hall–Kier alpha value is 0.706. The van der Waals surface area contributed by atoms with E-state index in [0.29, 0.717) is 0 Å². The van der Waals surface area contributed by atoms with Crippen molar-refractivity contribution < 1.29 is 117 Å². The predicted octanol–water partition coefficient (Wildman–Crippen LogP) is 0.182. The minimum atomic E-state index is -5.48. The van der Waals surface area contributed by atoms with Crippen LogP contribution in [0.1, 0.15) is 0 Å². The molecule has 0 N–H and O–H groups in total. The molecular weight excluding hydrogens is 491 g/mol. The molecule has 0 spiro atoms. The van der Waals surface area contributed by atoms with Crippen LogP contribution in [0.3, 0.4) is 0 Å². The average molecular weight is 504 g/mol. The topological polar surface area (TPSA) is 57.2 Å².